The van der Waals surface area contributed by atoms with E-state index in [9.17, 15) is 29.5 Å². The second-order valence-corrected chi connectivity index (χ2v) is 12.0. The number of ether oxygens (including phenoxy) is 3. The number of carbonyl (C=O) groups excluding carboxylic acids is 2. The van der Waals surface area contributed by atoms with Crippen LogP contribution in [0.1, 0.15) is 40.5 Å². The van der Waals surface area contributed by atoms with Crippen LogP contribution >= 0.6 is 7.75 Å². The summed E-state index contributed by atoms with van der Waals surface area (Å²) in [5.74, 6) is -0.586. The van der Waals surface area contributed by atoms with E-state index < -0.39 is 68.5 Å². The van der Waals surface area contributed by atoms with Crippen molar-refractivity contribution in [3.05, 3.63) is 24.3 Å². The van der Waals surface area contributed by atoms with Crippen LogP contribution in [0.4, 0.5) is 0 Å². The Labute approximate surface area is 221 Å². The van der Waals surface area contributed by atoms with E-state index in [1.165, 1.54) is 30.8 Å². The molecule has 0 aliphatic carbocycles. The summed E-state index contributed by atoms with van der Waals surface area (Å²) in [4.78, 5) is 24.9. The van der Waals surface area contributed by atoms with E-state index in [4.69, 9.17) is 23.3 Å². The van der Waals surface area contributed by atoms with Gasteiger partial charge in [-0.2, -0.15) is 4.67 Å². The molecule has 0 saturated carbocycles. The zero-order valence-electron chi connectivity index (χ0n) is 22.1. The van der Waals surface area contributed by atoms with Gasteiger partial charge in [-0.3, -0.25) is 14.1 Å². The van der Waals surface area contributed by atoms with Crippen LogP contribution in [-0.2, 0) is 28.2 Å². The minimum absolute atomic E-state index is 0.112. The maximum Gasteiger partial charge on any atom is 0.462 e. The summed E-state index contributed by atoms with van der Waals surface area (Å²) in [6.07, 6.45) is -5.42. The first-order chi connectivity index (χ1) is 17.8. The molecule has 13 nitrogen and oxygen atoms in total. The van der Waals surface area contributed by atoms with E-state index >= 15 is 0 Å². The standard InChI is InChI=1S/C24H37N2O11P/c1-14(28)25-19-21(20(29)18(13-27)34-23(19)31)37-38(32,36-16-10-8-15(33-5)9-11-16)26-12-6-7-17(26)22(30)35-24(2,3)4/h8-11,17-21,23,27,29,31H,6-7,12-13H2,1-5H3,(H,25,28)/t17-,18+,19+,20+,21+,23-,38?/m0/s1. The summed E-state index contributed by atoms with van der Waals surface area (Å²) < 4.78 is 43.6. The molecule has 3 rings (SSSR count). The topological polar surface area (TPSA) is 173 Å². The van der Waals surface area contributed by atoms with Crippen molar-refractivity contribution in [1.29, 1.82) is 0 Å². The zero-order valence-corrected chi connectivity index (χ0v) is 23.0. The highest BCUT2D eigenvalue weighted by Gasteiger charge is 2.54. The number of esters is 1. The van der Waals surface area contributed by atoms with Gasteiger partial charge < -0.3 is 39.4 Å². The molecule has 0 aromatic heterocycles. The van der Waals surface area contributed by atoms with Crippen LogP contribution < -0.4 is 14.6 Å². The zero-order chi connectivity index (χ0) is 28.3. The smallest absolute Gasteiger partial charge is 0.462 e. The number of rotatable bonds is 9. The number of hydrogen-bond acceptors (Lipinski definition) is 11. The van der Waals surface area contributed by atoms with Gasteiger partial charge in [0.05, 0.1) is 13.7 Å². The number of amides is 1. The fourth-order valence-electron chi connectivity index (χ4n) is 4.31. The molecule has 0 spiro atoms. The van der Waals surface area contributed by atoms with E-state index in [1.807, 2.05) is 0 Å². The van der Waals surface area contributed by atoms with E-state index in [0.717, 1.165) is 0 Å². The van der Waals surface area contributed by atoms with E-state index in [-0.39, 0.29) is 12.3 Å². The Bertz CT molecular complexity index is 1020. The molecular formula is C24H37N2O11P. The quantitative estimate of drug-likeness (QED) is 0.249. The molecule has 2 aliphatic rings. The van der Waals surface area contributed by atoms with Crippen molar-refractivity contribution in [2.45, 2.75) is 82.8 Å². The molecule has 1 unspecified atom stereocenters. The Morgan fingerprint density at radius 1 is 1.18 bits per heavy atom. The minimum Gasteiger partial charge on any atom is -0.497 e. The van der Waals surface area contributed by atoms with Gasteiger partial charge in [-0.15, -0.1) is 0 Å². The summed E-state index contributed by atoms with van der Waals surface area (Å²) in [7, 11) is -3.02. The fourth-order valence-corrected chi connectivity index (χ4v) is 6.47. The SMILES string of the molecule is COc1ccc(OP(=O)(O[C@H]2[C@H](O)[C@@H](CO)O[C@H](O)[C@@H]2NC(C)=O)N2CCC[C@H]2C(=O)OC(C)(C)C)cc1. The van der Waals surface area contributed by atoms with Crippen molar-refractivity contribution in [2.75, 3.05) is 20.3 Å². The van der Waals surface area contributed by atoms with Gasteiger partial charge in [0.15, 0.2) is 6.29 Å². The lowest BCUT2D eigenvalue weighted by molar-refractivity contribution is -0.250. The maximum absolute atomic E-state index is 14.6. The third-order valence-corrected chi connectivity index (χ3v) is 8.06. The number of hydrogen-bond donors (Lipinski definition) is 4. The first kappa shape index (κ1) is 30.3. The molecule has 4 N–H and O–H groups in total. The number of nitrogens with one attached hydrogen (secondary N) is 1. The van der Waals surface area contributed by atoms with E-state index in [2.05, 4.69) is 5.32 Å². The number of methoxy groups -OCH3 is 1. The number of nitrogens with zero attached hydrogens (tertiary/aromatic N) is 1. The molecule has 0 radical (unpaired) electrons. The van der Waals surface area contributed by atoms with Crippen molar-refractivity contribution in [2.24, 2.45) is 0 Å². The molecule has 7 atom stereocenters. The lowest BCUT2D eigenvalue weighted by Gasteiger charge is -2.44. The molecule has 14 heteroatoms. The third-order valence-electron chi connectivity index (χ3n) is 6.00. The largest absolute Gasteiger partial charge is 0.497 e. The Balaban J connectivity index is 2.02. The molecule has 1 aromatic rings. The number of aliphatic hydroxyl groups excluding tert-OH is 3. The normalized spacial score (nSPS) is 29.8. The average molecular weight is 561 g/mol. The third kappa shape index (κ3) is 7.23. The second-order valence-electron chi connectivity index (χ2n) is 10.1. The summed E-state index contributed by atoms with van der Waals surface area (Å²) >= 11 is 0. The van der Waals surface area contributed by atoms with Gasteiger partial charge in [-0.25, -0.2) is 4.57 Å². The molecule has 2 heterocycles. The molecule has 2 saturated heterocycles. The van der Waals surface area contributed by atoms with Gasteiger partial charge in [-0.1, -0.05) is 0 Å². The van der Waals surface area contributed by atoms with Gasteiger partial charge in [-0.05, 0) is 57.9 Å². The molecule has 1 aromatic carbocycles. The lowest BCUT2D eigenvalue weighted by Crippen LogP contribution is -2.64. The number of benzene rings is 1. The van der Waals surface area contributed by atoms with Crippen molar-refractivity contribution in [1.82, 2.24) is 9.99 Å². The highest BCUT2D eigenvalue weighted by molar-refractivity contribution is 7.51. The Morgan fingerprint density at radius 2 is 1.82 bits per heavy atom. The summed E-state index contributed by atoms with van der Waals surface area (Å²) in [5.41, 5.74) is -0.807. The molecular weight excluding hydrogens is 523 g/mol. The maximum atomic E-state index is 14.6. The van der Waals surface area contributed by atoms with Crippen LogP contribution in [0.15, 0.2) is 24.3 Å². The molecule has 0 bridgehead atoms. The molecule has 38 heavy (non-hydrogen) atoms. The minimum atomic E-state index is -4.51. The van der Waals surface area contributed by atoms with Crippen LogP contribution in [0.25, 0.3) is 0 Å². The van der Waals surface area contributed by atoms with Crippen molar-refractivity contribution >= 4 is 19.6 Å². The van der Waals surface area contributed by atoms with Crippen LogP contribution in [0, 0.1) is 0 Å². The first-order valence-electron chi connectivity index (χ1n) is 12.3. The van der Waals surface area contributed by atoms with Crippen LogP contribution in [-0.4, -0.2) is 94.4 Å². The van der Waals surface area contributed by atoms with Crippen molar-refractivity contribution in [3.63, 3.8) is 0 Å². The average Bonchev–Trinajstić information content (AvgIpc) is 3.34. The Hall–Kier alpha value is -2.25. The highest BCUT2D eigenvalue weighted by atomic mass is 31.2. The second kappa shape index (κ2) is 12.3. The molecule has 2 aliphatic heterocycles. The summed E-state index contributed by atoms with van der Waals surface area (Å²) in [6, 6.07) is 3.76. The lowest BCUT2D eigenvalue weighted by atomic mass is 9.97. The Kier molecular flexibility index (Phi) is 9.80. The molecule has 2 fully saturated rings. The highest BCUT2D eigenvalue weighted by Crippen LogP contribution is 2.57. The van der Waals surface area contributed by atoms with Gasteiger partial charge in [0.25, 0.3) is 0 Å². The van der Waals surface area contributed by atoms with Gasteiger partial charge in [0.1, 0.15) is 47.5 Å². The first-order valence-corrected chi connectivity index (χ1v) is 13.8. The van der Waals surface area contributed by atoms with E-state index in [0.29, 0.717) is 18.6 Å². The van der Waals surface area contributed by atoms with Crippen LogP contribution in [0.2, 0.25) is 0 Å². The predicted octanol–water partition coefficient (Wildman–Crippen LogP) is 0.949. The van der Waals surface area contributed by atoms with Crippen molar-refractivity contribution in [3.8, 4) is 11.5 Å². The monoisotopic (exact) mass is 560 g/mol. The predicted molar refractivity (Wildman–Crippen MR) is 133 cm³/mol. The Morgan fingerprint density at radius 3 is 2.37 bits per heavy atom. The fraction of sp³-hybridized carbons (Fsp3) is 0.667. The van der Waals surface area contributed by atoms with Crippen LogP contribution in [0.5, 0.6) is 11.5 Å². The summed E-state index contributed by atoms with van der Waals surface area (Å²) in [5, 5.41) is 33.5. The van der Waals surface area contributed by atoms with Gasteiger partial charge in [0, 0.05) is 13.5 Å². The van der Waals surface area contributed by atoms with Gasteiger partial charge >= 0.3 is 13.7 Å². The summed E-state index contributed by atoms with van der Waals surface area (Å²) in [6.45, 7) is 5.75. The van der Waals surface area contributed by atoms with E-state index in [1.54, 1.807) is 32.9 Å². The van der Waals surface area contributed by atoms with Gasteiger partial charge in [0.2, 0.25) is 5.91 Å². The van der Waals surface area contributed by atoms with Crippen LogP contribution in [0.3, 0.4) is 0 Å². The molecule has 1 amide bonds. The van der Waals surface area contributed by atoms with Crippen molar-refractivity contribution < 1.29 is 52.7 Å². The number of carbonyl (C=O) groups is 2. The number of aliphatic hydroxyl groups is 3. The molecule has 214 valence electrons.